The van der Waals surface area contributed by atoms with Crippen LogP contribution in [0.3, 0.4) is 0 Å². The zero-order valence-corrected chi connectivity index (χ0v) is 10.1. The first-order valence-electron chi connectivity index (χ1n) is 5.47. The van der Waals surface area contributed by atoms with Crippen molar-refractivity contribution in [1.29, 1.82) is 0 Å². The van der Waals surface area contributed by atoms with Gasteiger partial charge in [0, 0.05) is 11.3 Å². The van der Waals surface area contributed by atoms with Gasteiger partial charge in [0.25, 0.3) is 0 Å². The highest BCUT2D eigenvalue weighted by atomic mass is 32.1. The van der Waals surface area contributed by atoms with E-state index in [2.05, 4.69) is 29.5 Å². The number of carbonyl (C=O) groups is 1. The Morgan fingerprint density at radius 3 is 3.00 bits per heavy atom. The number of amides is 1. The van der Waals surface area contributed by atoms with Crippen LogP contribution in [0.15, 0.2) is 5.38 Å². The first-order chi connectivity index (χ1) is 7.31. The molecule has 1 amide bonds. The molecule has 1 atom stereocenters. The number of anilines is 1. The van der Waals surface area contributed by atoms with Crippen molar-refractivity contribution in [2.45, 2.75) is 45.4 Å². The molecule has 1 unspecified atom stereocenters. The Balaban J connectivity index is 2.60. The first kappa shape index (κ1) is 12.2. The lowest BCUT2D eigenvalue weighted by Gasteiger charge is -2.10. The lowest BCUT2D eigenvalue weighted by atomic mass is 9.97. The van der Waals surface area contributed by atoms with Crippen LogP contribution in [0.1, 0.15) is 51.1 Å². The van der Waals surface area contributed by atoms with Crippen LogP contribution in [0, 0.1) is 0 Å². The Morgan fingerprint density at radius 1 is 1.60 bits per heavy atom. The zero-order chi connectivity index (χ0) is 11.1. The highest BCUT2D eigenvalue weighted by Gasteiger charge is 2.12. The van der Waals surface area contributed by atoms with Crippen molar-refractivity contribution in [1.82, 2.24) is 4.98 Å². The lowest BCUT2D eigenvalue weighted by Crippen LogP contribution is -1.99. The largest absolute Gasteiger partial charge is 0.305 e. The monoisotopic (exact) mass is 226 g/mol. The molecule has 84 valence electrons. The molecule has 1 heterocycles. The molecular weight excluding hydrogens is 208 g/mol. The normalized spacial score (nSPS) is 12.4. The van der Waals surface area contributed by atoms with E-state index in [1.165, 1.54) is 30.6 Å². The third kappa shape index (κ3) is 3.63. The molecule has 1 N–H and O–H groups in total. The third-order valence-corrected chi connectivity index (χ3v) is 3.31. The van der Waals surface area contributed by atoms with Gasteiger partial charge >= 0.3 is 0 Å². The van der Waals surface area contributed by atoms with Gasteiger partial charge in [-0.15, -0.1) is 11.3 Å². The van der Waals surface area contributed by atoms with Crippen molar-refractivity contribution in [3.05, 3.63) is 11.1 Å². The second kappa shape index (κ2) is 6.56. The van der Waals surface area contributed by atoms with E-state index in [1.807, 2.05) is 0 Å². The number of hydrogen-bond donors (Lipinski definition) is 1. The average Bonchev–Trinajstić information content (AvgIpc) is 2.68. The SMILES string of the molecule is CCCCC(CC)c1csc(NC=O)n1. The minimum atomic E-state index is 0.545. The summed E-state index contributed by atoms with van der Waals surface area (Å²) in [5.41, 5.74) is 1.13. The molecule has 0 spiro atoms. The van der Waals surface area contributed by atoms with Crippen LogP contribution in [0.2, 0.25) is 0 Å². The lowest BCUT2D eigenvalue weighted by molar-refractivity contribution is -0.105. The van der Waals surface area contributed by atoms with Gasteiger partial charge in [-0.05, 0) is 12.8 Å². The van der Waals surface area contributed by atoms with Crippen LogP contribution >= 0.6 is 11.3 Å². The summed E-state index contributed by atoms with van der Waals surface area (Å²) in [6, 6.07) is 0. The number of unbranched alkanes of at least 4 members (excludes halogenated alkanes) is 1. The van der Waals surface area contributed by atoms with Gasteiger partial charge in [0.05, 0.1) is 5.69 Å². The molecule has 0 aliphatic heterocycles. The molecule has 1 aromatic rings. The number of aromatic nitrogens is 1. The van der Waals surface area contributed by atoms with E-state index in [9.17, 15) is 4.79 Å². The molecule has 0 aliphatic rings. The number of nitrogens with zero attached hydrogens (tertiary/aromatic N) is 1. The quantitative estimate of drug-likeness (QED) is 0.724. The Hall–Kier alpha value is -0.900. The van der Waals surface area contributed by atoms with E-state index < -0.39 is 0 Å². The number of carbonyl (C=O) groups excluding carboxylic acids is 1. The van der Waals surface area contributed by atoms with Gasteiger partial charge in [-0.1, -0.05) is 26.7 Å². The summed E-state index contributed by atoms with van der Waals surface area (Å²) in [5.74, 6) is 0.545. The number of thiazole rings is 1. The molecule has 0 aliphatic carbocycles. The molecule has 0 radical (unpaired) electrons. The van der Waals surface area contributed by atoms with Gasteiger partial charge in [0.15, 0.2) is 5.13 Å². The summed E-state index contributed by atoms with van der Waals surface area (Å²) in [4.78, 5) is 14.7. The standard InChI is InChI=1S/C11H18N2OS/c1-3-5-6-9(4-2)10-7-15-11(13-10)12-8-14/h7-9H,3-6H2,1-2H3,(H,12,13,14). The second-order valence-corrected chi connectivity index (χ2v) is 4.45. The zero-order valence-electron chi connectivity index (χ0n) is 9.32. The highest BCUT2D eigenvalue weighted by Crippen LogP contribution is 2.28. The molecule has 1 rings (SSSR count). The minimum absolute atomic E-state index is 0.545. The number of hydrogen-bond acceptors (Lipinski definition) is 3. The van der Waals surface area contributed by atoms with Crippen LogP contribution in [0.4, 0.5) is 5.13 Å². The maximum Gasteiger partial charge on any atom is 0.213 e. The summed E-state index contributed by atoms with van der Waals surface area (Å²) < 4.78 is 0. The molecule has 0 saturated heterocycles. The predicted octanol–water partition coefficient (Wildman–Crippen LogP) is 3.40. The van der Waals surface area contributed by atoms with Gasteiger partial charge in [0.2, 0.25) is 6.41 Å². The smallest absolute Gasteiger partial charge is 0.213 e. The van der Waals surface area contributed by atoms with E-state index in [4.69, 9.17) is 0 Å². The van der Waals surface area contributed by atoms with Crippen LogP contribution in [-0.4, -0.2) is 11.4 Å². The molecule has 15 heavy (non-hydrogen) atoms. The van der Waals surface area contributed by atoms with Crippen molar-refractivity contribution in [3.63, 3.8) is 0 Å². The van der Waals surface area contributed by atoms with Crippen LogP contribution in [0.5, 0.6) is 0 Å². The Morgan fingerprint density at radius 2 is 2.40 bits per heavy atom. The second-order valence-electron chi connectivity index (χ2n) is 3.59. The predicted molar refractivity (Wildman–Crippen MR) is 64.4 cm³/mol. The molecule has 0 aromatic carbocycles. The van der Waals surface area contributed by atoms with Crippen molar-refractivity contribution < 1.29 is 4.79 Å². The van der Waals surface area contributed by atoms with Gasteiger partial charge in [-0.25, -0.2) is 4.98 Å². The highest BCUT2D eigenvalue weighted by molar-refractivity contribution is 7.13. The molecule has 0 fully saturated rings. The molecule has 1 aromatic heterocycles. The average molecular weight is 226 g/mol. The first-order valence-corrected chi connectivity index (χ1v) is 6.35. The Labute approximate surface area is 94.9 Å². The molecule has 0 bridgehead atoms. The summed E-state index contributed by atoms with van der Waals surface area (Å²) >= 11 is 1.50. The molecular formula is C11H18N2OS. The van der Waals surface area contributed by atoms with Crippen LogP contribution in [0.25, 0.3) is 0 Å². The third-order valence-electron chi connectivity index (χ3n) is 2.52. The van der Waals surface area contributed by atoms with Crippen molar-refractivity contribution >= 4 is 22.9 Å². The minimum Gasteiger partial charge on any atom is -0.305 e. The maximum atomic E-state index is 10.3. The van der Waals surface area contributed by atoms with Crippen LogP contribution < -0.4 is 5.32 Å². The van der Waals surface area contributed by atoms with Crippen molar-refractivity contribution in [2.75, 3.05) is 5.32 Å². The topological polar surface area (TPSA) is 42.0 Å². The van der Waals surface area contributed by atoms with Gasteiger partial charge in [-0.3, -0.25) is 4.79 Å². The number of rotatable bonds is 7. The molecule has 0 saturated carbocycles. The van der Waals surface area contributed by atoms with Crippen LogP contribution in [-0.2, 0) is 4.79 Å². The fourth-order valence-electron chi connectivity index (χ4n) is 1.60. The summed E-state index contributed by atoms with van der Waals surface area (Å²) in [6.07, 6.45) is 5.45. The van der Waals surface area contributed by atoms with Crippen molar-refractivity contribution in [3.8, 4) is 0 Å². The fourth-order valence-corrected chi connectivity index (χ4v) is 2.35. The summed E-state index contributed by atoms with van der Waals surface area (Å²) in [6.45, 7) is 4.39. The van der Waals surface area contributed by atoms with E-state index in [-0.39, 0.29) is 0 Å². The van der Waals surface area contributed by atoms with E-state index in [0.717, 1.165) is 12.1 Å². The Bertz CT molecular complexity index is 299. The molecule has 3 nitrogen and oxygen atoms in total. The van der Waals surface area contributed by atoms with Gasteiger partial charge in [0.1, 0.15) is 0 Å². The molecule has 4 heteroatoms. The van der Waals surface area contributed by atoms with E-state index in [0.29, 0.717) is 17.5 Å². The Kier molecular flexibility index (Phi) is 5.32. The summed E-state index contributed by atoms with van der Waals surface area (Å²) in [5, 5.41) is 5.34. The number of nitrogens with one attached hydrogen (secondary N) is 1. The van der Waals surface area contributed by atoms with Crippen molar-refractivity contribution in [2.24, 2.45) is 0 Å². The van der Waals surface area contributed by atoms with Gasteiger partial charge < -0.3 is 5.32 Å². The summed E-state index contributed by atoms with van der Waals surface area (Å²) in [7, 11) is 0. The van der Waals surface area contributed by atoms with Gasteiger partial charge in [-0.2, -0.15) is 0 Å². The fraction of sp³-hybridized carbons (Fsp3) is 0.636. The van der Waals surface area contributed by atoms with E-state index in [1.54, 1.807) is 0 Å². The van der Waals surface area contributed by atoms with E-state index >= 15 is 0 Å². The maximum absolute atomic E-state index is 10.3.